The highest BCUT2D eigenvalue weighted by molar-refractivity contribution is 7.41. The summed E-state index contributed by atoms with van der Waals surface area (Å²) in [6.45, 7) is 8.05. The summed E-state index contributed by atoms with van der Waals surface area (Å²) in [5.41, 5.74) is 2.90. The first-order valence-corrected chi connectivity index (χ1v) is 7.39. The Balaban J connectivity index is 3.50. The van der Waals surface area contributed by atoms with E-state index in [9.17, 15) is 5.11 Å². The molecule has 0 aromatic heterocycles. The molecule has 106 valence electrons. The average molecular weight is 281 g/mol. The van der Waals surface area contributed by atoms with Crippen LogP contribution in [0.4, 0.5) is 0 Å². The summed E-state index contributed by atoms with van der Waals surface area (Å²) >= 11 is 0. The molecule has 1 aromatic carbocycles. The van der Waals surface area contributed by atoms with E-state index >= 15 is 0 Å². The second-order valence-electron chi connectivity index (χ2n) is 4.64. The lowest BCUT2D eigenvalue weighted by Crippen LogP contribution is -2.20. The second kappa shape index (κ2) is 6.93. The van der Waals surface area contributed by atoms with E-state index in [-0.39, 0.29) is 5.48 Å². The number of methoxy groups -OCH3 is 2. The van der Waals surface area contributed by atoms with Crippen molar-refractivity contribution in [3.8, 4) is 11.5 Å². The molecule has 0 N–H and O–H groups in total. The zero-order valence-electron chi connectivity index (χ0n) is 12.5. The van der Waals surface area contributed by atoms with Crippen molar-refractivity contribution in [3.63, 3.8) is 0 Å². The quantitative estimate of drug-likeness (QED) is 0.779. The Morgan fingerprint density at radius 2 is 1.68 bits per heavy atom. The van der Waals surface area contributed by atoms with Crippen LogP contribution in [0.5, 0.6) is 11.5 Å². The predicted octanol–water partition coefficient (Wildman–Crippen LogP) is 2.90. The van der Waals surface area contributed by atoms with Crippen molar-refractivity contribution in [2.45, 2.75) is 39.8 Å². The first-order chi connectivity index (χ1) is 8.96. The van der Waals surface area contributed by atoms with Gasteiger partial charge in [-0.1, -0.05) is 13.8 Å². The van der Waals surface area contributed by atoms with Crippen molar-refractivity contribution in [3.05, 3.63) is 22.8 Å². The largest absolute Gasteiger partial charge is 0.823 e. The monoisotopic (exact) mass is 281 g/mol. The van der Waals surface area contributed by atoms with Crippen LogP contribution in [0.3, 0.4) is 0 Å². The van der Waals surface area contributed by atoms with Gasteiger partial charge in [0.2, 0.25) is 0 Å². The summed E-state index contributed by atoms with van der Waals surface area (Å²) in [5.74, 6) is 1.26. The van der Waals surface area contributed by atoms with Crippen LogP contribution in [0.15, 0.2) is 6.07 Å². The molecule has 0 spiro atoms. The van der Waals surface area contributed by atoms with E-state index in [0.717, 1.165) is 25.8 Å². The maximum absolute atomic E-state index is 12.5. The maximum atomic E-state index is 12.5. The van der Waals surface area contributed by atoms with Crippen molar-refractivity contribution in [1.29, 1.82) is 0 Å². The molecule has 0 amide bonds. The van der Waals surface area contributed by atoms with E-state index in [1.807, 2.05) is 19.9 Å². The minimum atomic E-state index is 0.0647. The molecule has 0 bridgehead atoms. The molecule has 3 nitrogen and oxygen atoms in total. The first kappa shape index (κ1) is 16.0. The van der Waals surface area contributed by atoms with Gasteiger partial charge in [0.05, 0.1) is 19.8 Å². The minimum absolute atomic E-state index is 0.0647. The summed E-state index contributed by atoms with van der Waals surface area (Å²) in [6, 6.07) is 1.98. The summed E-state index contributed by atoms with van der Waals surface area (Å²) < 4.78 is 10.8. The Kier molecular flexibility index (Phi) is 5.84. The lowest BCUT2D eigenvalue weighted by atomic mass is 10.0. The van der Waals surface area contributed by atoms with Crippen LogP contribution < -0.4 is 14.6 Å². The Morgan fingerprint density at radius 3 is 2.05 bits per heavy atom. The van der Waals surface area contributed by atoms with E-state index in [1.165, 1.54) is 0 Å². The van der Waals surface area contributed by atoms with Gasteiger partial charge in [-0.05, 0) is 43.1 Å². The van der Waals surface area contributed by atoms with Gasteiger partial charge in [-0.15, -0.1) is 13.7 Å². The summed E-state index contributed by atoms with van der Waals surface area (Å²) in [5, 5.41) is 12.5. The zero-order chi connectivity index (χ0) is 14.6. The van der Waals surface area contributed by atoms with Crippen molar-refractivity contribution >= 4 is 13.7 Å². The van der Waals surface area contributed by atoms with Crippen LogP contribution in [0.1, 0.15) is 37.0 Å². The zero-order valence-corrected chi connectivity index (χ0v) is 13.4. The molecular formula is C15H22O3P-. The normalized spacial score (nSPS) is 13.3. The minimum Gasteiger partial charge on any atom is -0.823 e. The Bertz CT molecular complexity index is 453. The van der Waals surface area contributed by atoms with E-state index in [4.69, 9.17) is 9.47 Å². The molecule has 1 unspecified atom stereocenters. The fourth-order valence-electron chi connectivity index (χ4n) is 2.03. The third-order valence-corrected chi connectivity index (χ3v) is 4.42. The first-order valence-electron chi connectivity index (χ1n) is 6.43. The second-order valence-corrected chi connectivity index (χ2v) is 6.19. The van der Waals surface area contributed by atoms with Gasteiger partial charge in [-0.25, -0.2) is 0 Å². The molecular weight excluding hydrogens is 259 g/mol. The SMILES string of the molecule is CCC(C)P=C([O-])c1c(OC)c(C)cc(C)c1OC. The summed E-state index contributed by atoms with van der Waals surface area (Å²) in [7, 11) is 3.97. The number of benzene rings is 1. The van der Waals surface area contributed by atoms with E-state index in [2.05, 4.69) is 13.8 Å². The summed E-state index contributed by atoms with van der Waals surface area (Å²) in [6.07, 6.45) is 0.975. The number of hydrogen-bond acceptors (Lipinski definition) is 3. The molecule has 0 aliphatic heterocycles. The summed E-state index contributed by atoms with van der Waals surface area (Å²) in [4.78, 5) is 0. The van der Waals surface area contributed by atoms with E-state index in [1.54, 1.807) is 14.2 Å². The Morgan fingerprint density at radius 1 is 1.21 bits per heavy atom. The van der Waals surface area contributed by atoms with Gasteiger partial charge in [0, 0.05) is 0 Å². The predicted molar refractivity (Wildman–Crippen MR) is 79.8 cm³/mol. The molecule has 4 heteroatoms. The standard InChI is InChI=1S/C15H23O3P/c1-7-11(4)19-15(16)12-13(17-5)9(2)8-10(3)14(12)18-6/h8,11,16H,7H2,1-6H3/p-1. The lowest BCUT2D eigenvalue weighted by molar-refractivity contribution is -0.207. The molecule has 0 fully saturated rings. The van der Waals surface area contributed by atoms with Crippen LogP contribution in [0.25, 0.3) is 0 Å². The molecule has 1 atom stereocenters. The highest BCUT2D eigenvalue weighted by Gasteiger charge is 2.15. The smallest absolute Gasteiger partial charge is 0.132 e. The maximum Gasteiger partial charge on any atom is 0.132 e. The lowest BCUT2D eigenvalue weighted by Gasteiger charge is -2.23. The van der Waals surface area contributed by atoms with Crippen molar-refractivity contribution in [1.82, 2.24) is 0 Å². The highest BCUT2D eigenvalue weighted by atomic mass is 31.1. The van der Waals surface area contributed by atoms with Crippen LogP contribution in [-0.2, 0) is 0 Å². The Hall–Kier alpha value is -1.05. The molecule has 0 saturated carbocycles. The van der Waals surface area contributed by atoms with Gasteiger partial charge < -0.3 is 14.6 Å². The van der Waals surface area contributed by atoms with Crippen molar-refractivity contribution < 1.29 is 14.6 Å². The van der Waals surface area contributed by atoms with Gasteiger partial charge in [-0.3, -0.25) is 0 Å². The van der Waals surface area contributed by atoms with Gasteiger partial charge in [0.1, 0.15) is 11.5 Å². The van der Waals surface area contributed by atoms with Gasteiger partial charge >= 0.3 is 0 Å². The molecule has 0 radical (unpaired) electrons. The van der Waals surface area contributed by atoms with Crippen molar-refractivity contribution in [2.75, 3.05) is 14.2 Å². The molecule has 19 heavy (non-hydrogen) atoms. The molecule has 1 rings (SSSR count). The van der Waals surface area contributed by atoms with Crippen LogP contribution in [0, 0.1) is 13.8 Å². The number of aryl methyl sites for hydroxylation is 2. The van der Waals surface area contributed by atoms with Crippen LogP contribution in [-0.4, -0.2) is 25.4 Å². The molecule has 0 aliphatic carbocycles. The molecule has 0 aliphatic rings. The van der Waals surface area contributed by atoms with Crippen LogP contribution in [0.2, 0.25) is 0 Å². The number of ether oxygens (including phenoxy) is 2. The number of hydrogen-bond donors (Lipinski definition) is 0. The molecule has 0 saturated heterocycles. The fraction of sp³-hybridized carbons (Fsp3) is 0.533. The van der Waals surface area contributed by atoms with Gasteiger partial charge in [0.25, 0.3) is 0 Å². The van der Waals surface area contributed by atoms with E-state index < -0.39 is 0 Å². The van der Waals surface area contributed by atoms with Crippen LogP contribution >= 0.6 is 8.20 Å². The number of rotatable bonds is 5. The highest BCUT2D eigenvalue weighted by Crippen LogP contribution is 2.36. The molecule has 1 aromatic rings. The molecule has 0 heterocycles. The average Bonchev–Trinajstić information content (AvgIpc) is 2.37. The van der Waals surface area contributed by atoms with E-state index in [0.29, 0.717) is 22.7 Å². The topological polar surface area (TPSA) is 41.5 Å². The Labute approximate surface area is 117 Å². The van der Waals surface area contributed by atoms with Gasteiger partial charge in [0.15, 0.2) is 0 Å². The fourth-order valence-corrected chi connectivity index (χ4v) is 2.94. The third kappa shape index (κ3) is 3.49. The van der Waals surface area contributed by atoms with Crippen molar-refractivity contribution in [2.24, 2.45) is 0 Å². The van der Waals surface area contributed by atoms with Gasteiger partial charge in [-0.2, -0.15) is 0 Å². The third-order valence-electron chi connectivity index (χ3n) is 3.15.